The highest BCUT2D eigenvalue weighted by atomic mass is 16.5. The number of aromatic nitrogens is 3. The fourth-order valence-corrected chi connectivity index (χ4v) is 2.51. The van der Waals surface area contributed by atoms with Gasteiger partial charge in [0.2, 0.25) is 0 Å². The number of fused-ring (bicyclic) bond motifs is 2. The number of pyridine rings is 1. The number of ether oxygens (including phenoxy) is 1. The lowest BCUT2D eigenvalue weighted by atomic mass is 10.2. The van der Waals surface area contributed by atoms with Crippen LogP contribution in [0.4, 0.5) is 0 Å². The number of nitrogens with zero attached hydrogens (tertiary/aromatic N) is 2. The largest absolute Gasteiger partial charge is 0.381 e. The van der Waals surface area contributed by atoms with Gasteiger partial charge in [-0.25, -0.2) is 4.98 Å². The lowest BCUT2D eigenvalue weighted by Gasteiger charge is -2.08. The quantitative estimate of drug-likeness (QED) is 0.701. The Labute approximate surface area is 133 Å². The molecule has 3 aromatic rings. The molecule has 6 nitrogen and oxygen atoms in total. The number of carbonyl (C=O) groups excluding carboxylic acids is 1. The molecule has 4 rings (SSSR count). The Morgan fingerprint density at radius 3 is 2.65 bits per heavy atom. The average molecular weight is 313 g/mol. The lowest BCUT2D eigenvalue weighted by molar-refractivity contribution is 0.0968. The first-order chi connectivity index (χ1) is 11.2. The Morgan fingerprint density at radius 1 is 1.26 bits per heavy atom. The molecule has 23 heavy (non-hydrogen) atoms. The van der Waals surface area contributed by atoms with E-state index in [0.717, 1.165) is 13.2 Å². The van der Waals surface area contributed by atoms with Crippen molar-refractivity contribution in [3.05, 3.63) is 46.5 Å². The molecular formula is C17H19N3O3. The number of ketones is 1. The first-order valence-corrected chi connectivity index (χ1v) is 7.75. The van der Waals surface area contributed by atoms with Crippen molar-refractivity contribution < 1.29 is 9.53 Å². The normalized spacial score (nSPS) is 14.5. The summed E-state index contributed by atoms with van der Waals surface area (Å²) in [5.41, 5.74) is 1.24. The molecule has 1 fully saturated rings. The van der Waals surface area contributed by atoms with Crippen LogP contribution in [0.3, 0.4) is 0 Å². The Balaban J connectivity index is 0.000000220. The van der Waals surface area contributed by atoms with Gasteiger partial charge < -0.3 is 9.72 Å². The molecule has 1 aliphatic heterocycles. The van der Waals surface area contributed by atoms with Crippen molar-refractivity contribution >= 4 is 22.5 Å². The Hall–Kier alpha value is -2.47. The second-order valence-electron chi connectivity index (χ2n) is 5.52. The molecule has 4 heterocycles. The van der Waals surface area contributed by atoms with E-state index in [1.54, 1.807) is 24.4 Å². The summed E-state index contributed by atoms with van der Waals surface area (Å²) in [6.07, 6.45) is 5.59. The molecule has 3 aromatic heterocycles. The van der Waals surface area contributed by atoms with E-state index in [9.17, 15) is 9.59 Å². The number of hydrogen-bond acceptors (Lipinski definition) is 4. The van der Waals surface area contributed by atoms with Crippen LogP contribution in [-0.2, 0) is 4.74 Å². The van der Waals surface area contributed by atoms with Gasteiger partial charge in [0, 0.05) is 26.3 Å². The highest BCUT2D eigenvalue weighted by Crippen LogP contribution is 2.11. The predicted molar refractivity (Wildman–Crippen MR) is 88.0 cm³/mol. The Kier molecular flexibility index (Phi) is 4.52. The third kappa shape index (κ3) is 3.32. The van der Waals surface area contributed by atoms with Gasteiger partial charge in [-0.2, -0.15) is 0 Å². The fourth-order valence-electron chi connectivity index (χ4n) is 2.51. The van der Waals surface area contributed by atoms with Gasteiger partial charge in [0.1, 0.15) is 11.3 Å². The molecule has 0 atom stereocenters. The third-order valence-corrected chi connectivity index (χ3v) is 3.77. The molecule has 0 spiro atoms. The van der Waals surface area contributed by atoms with E-state index in [-0.39, 0.29) is 11.3 Å². The SMILES string of the molecule is C1CCOCC1.CC(=O)c1cc2c(=O)n3ccccc3nc2[nH]1. The van der Waals surface area contributed by atoms with E-state index in [4.69, 9.17) is 4.74 Å². The van der Waals surface area contributed by atoms with E-state index in [1.807, 2.05) is 6.07 Å². The smallest absolute Gasteiger partial charge is 0.267 e. The van der Waals surface area contributed by atoms with Gasteiger partial charge in [0.05, 0.1) is 11.1 Å². The highest BCUT2D eigenvalue weighted by molar-refractivity contribution is 5.97. The van der Waals surface area contributed by atoms with Crippen LogP contribution in [0.1, 0.15) is 36.7 Å². The number of hydrogen-bond donors (Lipinski definition) is 1. The summed E-state index contributed by atoms with van der Waals surface area (Å²) < 4.78 is 6.53. The predicted octanol–water partition coefficient (Wildman–Crippen LogP) is 2.57. The molecule has 0 radical (unpaired) electrons. The van der Waals surface area contributed by atoms with Crippen LogP contribution in [0, 0.1) is 0 Å². The maximum absolute atomic E-state index is 12.1. The lowest BCUT2D eigenvalue weighted by Crippen LogP contribution is -2.13. The molecule has 0 bridgehead atoms. The molecular weight excluding hydrogens is 294 g/mol. The molecule has 0 aromatic carbocycles. The highest BCUT2D eigenvalue weighted by Gasteiger charge is 2.10. The van der Waals surface area contributed by atoms with Crippen molar-refractivity contribution in [3.63, 3.8) is 0 Å². The Morgan fingerprint density at radius 2 is 2.04 bits per heavy atom. The van der Waals surface area contributed by atoms with E-state index in [2.05, 4.69) is 9.97 Å². The summed E-state index contributed by atoms with van der Waals surface area (Å²) in [5, 5.41) is 0.430. The molecule has 0 unspecified atom stereocenters. The minimum Gasteiger partial charge on any atom is -0.381 e. The van der Waals surface area contributed by atoms with E-state index in [0.29, 0.717) is 22.4 Å². The van der Waals surface area contributed by atoms with Crippen molar-refractivity contribution in [1.82, 2.24) is 14.4 Å². The summed E-state index contributed by atoms with van der Waals surface area (Å²) in [5.74, 6) is -0.114. The van der Waals surface area contributed by atoms with Gasteiger partial charge in [-0.1, -0.05) is 6.07 Å². The second-order valence-corrected chi connectivity index (χ2v) is 5.52. The summed E-state index contributed by atoms with van der Waals surface area (Å²) >= 11 is 0. The zero-order chi connectivity index (χ0) is 16.2. The number of rotatable bonds is 1. The standard InChI is InChI=1S/C12H9N3O2.C5H10O/c1-7(16)9-6-8-11(13-9)14-10-4-2-3-5-15(10)12(8)17;1-2-4-6-5-3-1/h2-6,13H,1H3;1-5H2. The number of carbonyl (C=O) groups is 1. The van der Waals surface area contributed by atoms with Crippen LogP contribution in [-0.4, -0.2) is 33.4 Å². The molecule has 6 heteroatoms. The van der Waals surface area contributed by atoms with Gasteiger partial charge in [0.15, 0.2) is 5.78 Å². The fraction of sp³-hybridized carbons (Fsp3) is 0.353. The molecule has 0 aliphatic carbocycles. The first kappa shape index (κ1) is 15.4. The molecule has 0 saturated carbocycles. The number of H-pyrrole nitrogens is 1. The van der Waals surface area contributed by atoms with Crippen LogP contribution in [0.5, 0.6) is 0 Å². The zero-order valence-corrected chi connectivity index (χ0v) is 13.0. The minimum atomic E-state index is -0.172. The van der Waals surface area contributed by atoms with Crippen LogP contribution in [0.15, 0.2) is 35.3 Å². The molecule has 0 amide bonds. The van der Waals surface area contributed by atoms with Crippen molar-refractivity contribution in [3.8, 4) is 0 Å². The summed E-state index contributed by atoms with van der Waals surface area (Å²) in [6, 6.07) is 6.87. The van der Waals surface area contributed by atoms with Crippen LogP contribution in [0.2, 0.25) is 0 Å². The molecule has 120 valence electrons. The Bertz CT molecular complexity index is 879. The first-order valence-electron chi connectivity index (χ1n) is 7.75. The van der Waals surface area contributed by atoms with Crippen LogP contribution < -0.4 is 5.56 Å². The maximum Gasteiger partial charge on any atom is 0.267 e. The van der Waals surface area contributed by atoms with Crippen molar-refractivity contribution in [1.29, 1.82) is 0 Å². The molecule has 1 aliphatic rings. The average Bonchev–Trinajstić information content (AvgIpc) is 3.02. The maximum atomic E-state index is 12.1. The van der Waals surface area contributed by atoms with E-state index >= 15 is 0 Å². The molecule has 1 saturated heterocycles. The van der Waals surface area contributed by atoms with Gasteiger partial charge in [-0.05, 0) is 37.5 Å². The van der Waals surface area contributed by atoms with Crippen LogP contribution in [0.25, 0.3) is 16.7 Å². The zero-order valence-electron chi connectivity index (χ0n) is 13.0. The number of Topliss-reactive ketones (excluding diaryl/α,β-unsaturated/α-hetero) is 1. The number of nitrogens with one attached hydrogen (secondary N) is 1. The van der Waals surface area contributed by atoms with Gasteiger partial charge in [0.25, 0.3) is 5.56 Å². The minimum absolute atomic E-state index is 0.114. The third-order valence-electron chi connectivity index (χ3n) is 3.77. The summed E-state index contributed by atoms with van der Waals surface area (Å²) in [6.45, 7) is 3.45. The monoisotopic (exact) mass is 313 g/mol. The van der Waals surface area contributed by atoms with Crippen molar-refractivity contribution in [2.24, 2.45) is 0 Å². The van der Waals surface area contributed by atoms with E-state index < -0.39 is 0 Å². The summed E-state index contributed by atoms with van der Waals surface area (Å²) in [7, 11) is 0. The van der Waals surface area contributed by atoms with E-state index in [1.165, 1.54) is 30.6 Å². The van der Waals surface area contributed by atoms with Gasteiger partial charge in [-0.15, -0.1) is 0 Å². The van der Waals surface area contributed by atoms with Crippen LogP contribution >= 0.6 is 0 Å². The summed E-state index contributed by atoms with van der Waals surface area (Å²) in [4.78, 5) is 30.5. The second kappa shape index (κ2) is 6.75. The topological polar surface area (TPSA) is 76.5 Å². The van der Waals surface area contributed by atoms with Gasteiger partial charge >= 0.3 is 0 Å². The van der Waals surface area contributed by atoms with Gasteiger partial charge in [-0.3, -0.25) is 14.0 Å². The van der Waals surface area contributed by atoms with Crippen molar-refractivity contribution in [2.45, 2.75) is 26.2 Å². The number of aromatic amines is 1. The van der Waals surface area contributed by atoms with Crippen molar-refractivity contribution in [2.75, 3.05) is 13.2 Å². The molecule has 1 N–H and O–H groups in total.